The molecule has 5 aliphatic rings. The van der Waals surface area contributed by atoms with Crippen LogP contribution in [0.3, 0.4) is 0 Å². The Balaban J connectivity index is 1.19. The number of ether oxygens (including phenoxy) is 1. The van der Waals surface area contributed by atoms with Gasteiger partial charge in [0, 0.05) is 18.8 Å². The first-order chi connectivity index (χ1) is 14.8. The summed E-state index contributed by atoms with van der Waals surface area (Å²) in [5.41, 5.74) is -0.00482. The lowest BCUT2D eigenvalue weighted by molar-refractivity contribution is -0.172. The van der Waals surface area contributed by atoms with Gasteiger partial charge in [-0.1, -0.05) is 6.07 Å². The fraction of sp³-hybridized carbons (Fsp3) is 0.652. The summed E-state index contributed by atoms with van der Waals surface area (Å²) in [6.07, 6.45) is 8.15. The van der Waals surface area contributed by atoms with Crippen LogP contribution in [0, 0.1) is 23.2 Å². The lowest BCUT2D eigenvalue weighted by atomic mass is 9.49. The molecule has 31 heavy (non-hydrogen) atoms. The summed E-state index contributed by atoms with van der Waals surface area (Å²) in [5.74, 6) is 1.22. The summed E-state index contributed by atoms with van der Waals surface area (Å²) < 4.78 is 32.4. The third-order valence-corrected chi connectivity index (χ3v) is 9.52. The summed E-state index contributed by atoms with van der Waals surface area (Å²) in [4.78, 5) is 25.5. The second-order valence-electron chi connectivity index (χ2n) is 9.96. The zero-order valence-corrected chi connectivity index (χ0v) is 18.5. The molecule has 7 nitrogen and oxygen atoms in total. The highest BCUT2D eigenvalue weighted by atomic mass is 32.2. The number of amides is 1. The number of carbonyl (C=O) groups is 2. The van der Waals surface area contributed by atoms with Crippen molar-refractivity contribution >= 4 is 27.6 Å². The highest BCUT2D eigenvalue weighted by Crippen LogP contribution is 2.60. The Morgan fingerprint density at radius 1 is 1.03 bits per heavy atom. The average Bonchev–Trinajstić information content (AvgIpc) is 3.27. The van der Waals surface area contributed by atoms with Crippen molar-refractivity contribution in [2.24, 2.45) is 23.2 Å². The van der Waals surface area contributed by atoms with Crippen molar-refractivity contribution in [2.45, 2.75) is 56.3 Å². The van der Waals surface area contributed by atoms with Crippen LogP contribution in [0.5, 0.6) is 0 Å². The van der Waals surface area contributed by atoms with Crippen LogP contribution in [0.2, 0.25) is 0 Å². The van der Waals surface area contributed by atoms with E-state index in [1.807, 2.05) is 0 Å². The molecule has 1 aliphatic heterocycles. The average molecular weight is 447 g/mol. The van der Waals surface area contributed by atoms with Gasteiger partial charge in [-0.3, -0.25) is 9.59 Å². The van der Waals surface area contributed by atoms with Crippen LogP contribution in [0.25, 0.3) is 0 Å². The quantitative estimate of drug-likeness (QED) is 0.678. The minimum absolute atomic E-state index is 0.165. The summed E-state index contributed by atoms with van der Waals surface area (Å²) in [5, 5.41) is 2.68. The van der Waals surface area contributed by atoms with Gasteiger partial charge < -0.3 is 10.1 Å². The van der Waals surface area contributed by atoms with Gasteiger partial charge >= 0.3 is 5.97 Å². The van der Waals surface area contributed by atoms with Crippen LogP contribution in [-0.2, 0) is 24.3 Å². The van der Waals surface area contributed by atoms with E-state index < -0.39 is 21.3 Å². The number of sulfonamides is 1. The van der Waals surface area contributed by atoms with Gasteiger partial charge in [0.2, 0.25) is 10.0 Å². The molecule has 0 radical (unpaired) electrons. The third kappa shape index (κ3) is 4.00. The van der Waals surface area contributed by atoms with Crippen LogP contribution in [-0.4, -0.2) is 44.3 Å². The zero-order valence-electron chi connectivity index (χ0n) is 17.7. The number of rotatable bonds is 6. The Bertz CT molecular complexity index is 948. The lowest BCUT2D eigenvalue weighted by Gasteiger charge is -2.55. The van der Waals surface area contributed by atoms with Gasteiger partial charge in [-0.2, -0.15) is 4.31 Å². The van der Waals surface area contributed by atoms with E-state index in [0.29, 0.717) is 36.5 Å². The van der Waals surface area contributed by atoms with E-state index in [-0.39, 0.29) is 17.5 Å². The van der Waals surface area contributed by atoms with E-state index in [9.17, 15) is 18.0 Å². The highest BCUT2D eigenvalue weighted by molar-refractivity contribution is 7.89. The van der Waals surface area contributed by atoms with Crippen molar-refractivity contribution in [2.75, 3.05) is 25.0 Å². The monoisotopic (exact) mass is 446 g/mol. The van der Waals surface area contributed by atoms with Crippen molar-refractivity contribution in [3.63, 3.8) is 0 Å². The van der Waals surface area contributed by atoms with Gasteiger partial charge in [-0.05, 0) is 87.3 Å². The molecular weight excluding hydrogens is 416 g/mol. The third-order valence-electron chi connectivity index (χ3n) is 7.63. The molecule has 4 bridgehead atoms. The van der Waals surface area contributed by atoms with Gasteiger partial charge in [0.25, 0.3) is 5.91 Å². The first kappa shape index (κ1) is 20.9. The molecule has 8 heteroatoms. The second-order valence-corrected chi connectivity index (χ2v) is 11.9. The van der Waals surface area contributed by atoms with E-state index in [1.54, 1.807) is 12.1 Å². The van der Waals surface area contributed by atoms with Crippen LogP contribution in [0.4, 0.5) is 5.69 Å². The van der Waals surface area contributed by atoms with Crippen molar-refractivity contribution < 1.29 is 22.7 Å². The number of benzene rings is 1. The number of nitrogens with one attached hydrogen (secondary N) is 1. The molecule has 0 unspecified atom stereocenters. The molecule has 0 aromatic heterocycles. The van der Waals surface area contributed by atoms with Crippen LogP contribution >= 0.6 is 0 Å². The van der Waals surface area contributed by atoms with Crippen LogP contribution in [0.15, 0.2) is 29.2 Å². The van der Waals surface area contributed by atoms with Crippen molar-refractivity contribution in [1.82, 2.24) is 4.31 Å². The van der Waals surface area contributed by atoms with Crippen LogP contribution in [0.1, 0.15) is 51.4 Å². The number of carbonyl (C=O) groups excluding carboxylic acids is 2. The molecule has 1 heterocycles. The molecule has 1 amide bonds. The fourth-order valence-corrected chi connectivity index (χ4v) is 8.22. The summed E-state index contributed by atoms with van der Waals surface area (Å²) >= 11 is 0. The minimum Gasteiger partial charge on any atom is -0.455 e. The topological polar surface area (TPSA) is 92.8 Å². The molecule has 0 spiro atoms. The Morgan fingerprint density at radius 2 is 1.65 bits per heavy atom. The summed E-state index contributed by atoms with van der Waals surface area (Å²) in [7, 11) is -3.55. The number of hydrogen-bond acceptors (Lipinski definition) is 5. The maximum atomic E-state index is 12.9. The van der Waals surface area contributed by atoms with Crippen molar-refractivity contribution in [3.8, 4) is 0 Å². The van der Waals surface area contributed by atoms with Crippen molar-refractivity contribution in [1.29, 1.82) is 0 Å². The summed E-state index contributed by atoms with van der Waals surface area (Å²) in [6.45, 7) is 0.710. The number of anilines is 1. The van der Waals surface area contributed by atoms with Gasteiger partial charge in [0.1, 0.15) is 0 Å². The molecule has 6 rings (SSSR count). The number of nitrogens with zero attached hydrogens (tertiary/aromatic N) is 1. The first-order valence-corrected chi connectivity index (χ1v) is 12.9. The van der Waals surface area contributed by atoms with Gasteiger partial charge in [0.15, 0.2) is 6.61 Å². The molecule has 1 saturated heterocycles. The smallest absolute Gasteiger partial charge is 0.312 e. The standard InChI is InChI=1S/C23H30N2O5S/c26-21(15-30-22(27)23-12-16-8-17(13-23)10-18(9-16)14-23)24-19-4-3-5-20(11-19)31(28,29)25-6-1-2-7-25/h3-5,11,16-18H,1-2,6-10,12-15H2,(H,24,26). The molecule has 1 aromatic carbocycles. The van der Waals surface area contributed by atoms with E-state index in [0.717, 1.165) is 32.1 Å². The van der Waals surface area contributed by atoms with Gasteiger partial charge in [0.05, 0.1) is 10.3 Å². The van der Waals surface area contributed by atoms with E-state index in [4.69, 9.17) is 4.74 Å². The SMILES string of the molecule is O=C(COC(=O)C12CC3CC(CC(C3)C1)C2)Nc1cccc(S(=O)(=O)N2CCCC2)c1. The Kier molecular flexibility index (Phi) is 5.33. The van der Waals surface area contributed by atoms with Crippen LogP contribution < -0.4 is 5.32 Å². The van der Waals surface area contributed by atoms with E-state index >= 15 is 0 Å². The largest absolute Gasteiger partial charge is 0.455 e. The van der Waals surface area contributed by atoms with Gasteiger partial charge in [-0.25, -0.2) is 8.42 Å². The molecule has 5 fully saturated rings. The maximum Gasteiger partial charge on any atom is 0.312 e. The molecule has 168 valence electrons. The lowest BCUT2D eigenvalue weighted by Crippen LogP contribution is -2.50. The number of hydrogen-bond donors (Lipinski definition) is 1. The molecule has 1 aromatic rings. The molecule has 0 atom stereocenters. The van der Waals surface area contributed by atoms with E-state index in [1.165, 1.54) is 35.7 Å². The predicted molar refractivity (Wildman–Crippen MR) is 115 cm³/mol. The second kappa shape index (κ2) is 7.89. The number of esters is 1. The molecule has 4 saturated carbocycles. The first-order valence-electron chi connectivity index (χ1n) is 11.4. The maximum absolute atomic E-state index is 12.9. The Hall–Kier alpha value is -1.93. The summed E-state index contributed by atoms with van der Waals surface area (Å²) in [6, 6.07) is 6.25. The molecule has 1 N–H and O–H groups in total. The van der Waals surface area contributed by atoms with Gasteiger partial charge in [-0.15, -0.1) is 0 Å². The predicted octanol–water partition coefficient (Wildman–Crippen LogP) is 3.17. The zero-order chi connectivity index (χ0) is 21.6. The Morgan fingerprint density at radius 3 is 2.26 bits per heavy atom. The fourth-order valence-electron chi connectivity index (χ4n) is 6.65. The minimum atomic E-state index is -3.55. The van der Waals surface area contributed by atoms with Crippen molar-refractivity contribution in [3.05, 3.63) is 24.3 Å². The normalized spacial score (nSPS) is 32.2. The molecule has 4 aliphatic carbocycles. The highest BCUT2D eigenvalue weighted by Gasteiger charge is 2.55. The Labute approximate surface area is 183 Å². The van der Waals surface area contributed by atoms with E-state index in [2.05, 4.69) is 5.32 Å². The molecular formula is C23H30N2O5S.